The lowest BCUT2D eigenvalue weighted by Crippen LogP contribution is -2.23. The van der Waals surface area contributed by atoms with E-state index in [1.807, 2.05) is 0 Å². The first-order valence-electron chi connectivity index (χ1n) is 5.85. The van der Waals surface area contributed by atoms with Crippen molar-refractivity contribution >= 4 is 11.6 Å². The lowest BCUT2D eigenvalue weighted by Gasteiger charge is -2.26. The Kier molecular flexibility index (Phi) is 5.95. The molecule has 0 aromatic rings. The maximum atomic E-state index is 6.03. The summed E-state index contributed by atoms with van der Waals surface area (Å²) >= 11 is 6.03. The lowest BCUT2D eigenvalue weighted by molar-refractivity contribution is 0.0793. The Balaban J connectivity index is 2.02. The van der Waals surface area contributed by atoms with Gasteiger partial charge < -0.3 is 9.47 Å². The van der Waals surface area contributed by atoms with Crippen LogP contribution >= 0.6 is 11.6 Å². The molecule has 1 rings (SSSR count). The molecule has 0 heterocycles. The molecule has 15 heavy (non-hydrogen) atoms. The molecule has 1 aliphatic rings. The number of hydrogen-bond donors (Lipinski definition) is 0. The molecule has 1 saturated carbocycles. The highest BCUT2D eigenvalue weighted by molar-refractivity contribution is 6.18. The van der Waals surface area contributed by atoms with E-state index in [1.54, 1.807) is 7.11 Å². The van der Waals surface area contributed by atoms with E-state index in [0.29, 0.717) is 5.41 Å². The van der Waals surface area contributed by atoms with E-state index in [2.05, 4.69) is 6.92 Å². The molecule has 0 amide bonds. The average molecular weight is 235 g/mol. The SMILES string of the molecule is COCCCOCCC(C)(CCl)C1CC1. The quantitative estimate of drug-likeness (QED) is 0.451. The number of rotatable bonds is 9. The lowest BCUT2D eigenvalue weighted by atomic mass is 9.84. The van der Waals surface area contributed by atoms with Crippen LogP contribution in [0.1, 0.15) is 32.6 Å². The second-order valence-electron chi connectivity index (χ2n) is 4.77. The normalized spacial score (nSPS) is 20.2. The van der Waals surface area contributed by atoms with Gasteiger partial charge in [0.2, 0.25) is 0 Å². The van der Waals surface area contributed by atoms with Crippen molar-refractivity contribution in [2.45, 2.75) is 32.6 Å². The van der Waals surface area contributed by atoms with Gasteiger partial charge in [-0.2, -0.15) is 0 Å². The van der Waals surface area contributed by atoms with Crippen LogP contribution in [0.5, 0.6) is 0 Å². The van der Waals surface area contributed by atoms with E-state index >= 15 is 0 Å². The Hall–Kier alpha value is 0.210. The Morgan fingerprint density at radius 3 is 2.53 bits per heavy atom. The zero-order valence-electron chi connectivity index (χ0n) is 9.93. The molecule has 0 N–H and O–H groups in total. The largest absolute Gasteiger partial charge is 0.385 e. The van der Waals surface area contributed by atoms with Gasteiger partial charge in [-0.1, -0.05) is 6.92 Å². The van der Waals surface area contributed by atoms with Gasteiger partial charge in [-0.3, -0.25) is 0 Å². The highest BCUT2D eigenvalue weighted by Crippen LogP contribution is 2.48. The molecule has 0 bridgehead atoms. The maximum absolute atomic E-state index is 6.03. The molecule has 1 unspecified atom stereocenters. The fourth-order valence-corrected chi connectivity index (χ4v) is 2.22. The summed E-state index contributed by atoms with van der Waals surface area (Å²) in [5.74, 6) is 1.61. The number of alkyl halides is 1. The molecule has 0 spiro atoms. The van der Waals surface area contributed by atoms with E-state index in [0.717, 1.165) is 44.5 Å². The predicted molar refractivity (Wildman–Crippen MR) is 63.5 cm³/mol. The van der Waals surface area contributed by atoms with Gasteiger partial charge in [0.25, 0.3) is 0 Å². The molecule has 0 aromatic carbocycles. The summed E-state index contributed by atoms with van der Waals surface area (Å²) < 4.78 is 10.5. The first-order chi connectivity index (χ1) is 7.23. The Morgan fingerprint density at radius 1 is 1.27 bits per heavy atom. The van der Waals surface area contributed by atoms with Crippen LogP contribution in [0.15, 0.2) is 0 Å². The van der Waals surface area contributed by atoms with Gasteiger partial charge in [0.15, 0.2) is 0 Å². The summed E-state index contributed by atoms with van der Waals surface area (Å²) in [6.07, 6.45) is 4.78. The van der Waals surface area contributed by atoms with Crippen LogP contribution in [0, 0.1) is 11.3 Å². The molecular formula is C12H23ClO2. The molecule has 0 radical (unpaired) electrons. The second kappa shape index (κ2) is 6.72. The van der Waals surface area contributed by atoms with Crippen LogP contribution in [0.2, 0.25) is 0 Å². The van der Waals surface area contributed by atoms with Crippen molar-refractivity contribution in [1.29, 1.82) is 0 Å². The van der Waals surface area contributed by atoms with Crippen molar-refractivity contribution in [3.05, 3.63) is 0 Å². The van der Waals surface area contributed by atoms with Crippen LogP contribution in [-0.4, -0.2) is 32.8 Å². The maximum Gasteiger partial charge on any atom is 0.0487 e. The molecule has 1 atom stereocenters. The molecule has 1 fully saturated rings. The van der Waals surface area contributed by atoms with Crippen molar-refractivity contribution in [2.24, 2.45) is 11.3 Å². The standard InChI is InChI=1S/C12H23ClO2/c1-12(10-13,11-4-5-11)6-9-15-8-3-7-14-2/h11H,3-10H2,1-2H3. The van der Waals surface area contributed by atoms with Gasteiger partial charge in [0.1, 0.15) is 0 Å². The van der Waals surface area contributed by atoms with Crippen LogP contribution in [0.4, 0.5) is 0 Å². The monoisotopic (exact) mass is 234 g/mol. The van der Waals surface area contributed by atoms with Gasteiger partial charge in [-0.05, 0) is 37.0 Å². The van der Waals surface area contributed by atoms with Crippen molar-refractivity contribution in [3.63, 3.8) is 0 Å². The average Bonchev–Trinajstić information content (AvgIpc) is 3.07. The molecule has 0 saturated heterocycles. The van der Waals surface area contributed by atoms with Crippen LogP contribution in [0.25, 0.3) is 0 Å². The smallest absolute Gasteiger partial charge is 0.0487 e. The Morgan fingerprint density at radius 2 is 2.00 bits per heavy atom. The first kappa shape index (κ1) is 13.3. The van der Waals surface area contributed by atoms with E-state index in [4.69, 9.17) is 21.1 Å². The molecule has 0 aromatic heterocycles. The Labute approximate surface area is 98.3 Å². The fourth-order valence-electron chi connectivity index (χ4n) is 1.87. The van der Waals surface area contributed by atoms with Crippen molar-refractivity contribution < 1.29 is 9.47 Å². The number of halogens is 1. The minimum absolute atomic E-state index is 0.308. The van der Waals surface area contributed by atoms with Gasteiger partial charge in [0, 0.05) is 32.8 Å². The molecule has 2 nitrogen and oxygen atoms in total. The van der Waals surface area contributed by atoms with Crippen molar-refractivity contribution in [1.82, 2.24) is 0 Å². The van der Waals surface area contributed by atoms with Crippen molar-refractivity contribution in [3.8, 4) is 0 Å². The van der Waals surface area contributed by atoms with Gasteiger partial charge in [-0.25, -0.2) is 0 Å². The highest BCUT2D eigenvalue weighted by Gasteiger charge is 2.40. The van der Waals surface area contributed by atoms with E-state index in [1.165, 1.54) is 12.8 Å². The zero-order valence-corrected chi connectivity index (χ0v) is 10.7. The van der Waals surface area contributed by atoms with E-state index < -0.39 is 0 Å². The number of hydrogen-bond acceptors (Lipinski definition) is 2. The minimum Gasteiger partial charge on any atom is -0.385 e. The van der Waals surface area contributed by atoms with Crippen LogP contribution in [-0.2, 0) is 9.47 Å². The molecule has 90 valence electrons. The molecular weight excluding hydrogens is 212 g/mol. The molecule has 0 aliphatic heterocycles. The molecule has 1 aliphatic carbocycles. The molecule has 3 heteroatoms. The summed E-state index contributed by atoms with van der Waals surface area (Å²) in [5.41, 5.74) is 0.308. The van der Waals surface area contributed by atoms with Crippen molar-refractivity contribution in [2.75, 3.05) is 32.8 Å². The summed E-state index contributed by atoms with van der Waals surface area (Å²) in [4.78, 5) is 0. The van der Waals surface area contributed by atoms with Crippen LogP contribution < -0.4 is 0 Å². The minimum atomic E-state index is 0.308. The number of methoxy groups -OCH3 is 1. The zero-order chi connectivity index (χ0) is 11.1. The summed E-state index contributed by atoms with van der Waals surface area (Å²) in [5, 5.41) is 0. The number of ether oxygens (including phenoxy) is 2. The third-order valence-electron chi connectivity index (χ3n) is 3.32. The van der Waals surface area contributed by atoms with Gasteiger partial charge in [0.05, 0.1) is 0 Å². The van der Waals surface area contributed by atoms with E-state index in [-0.39, 0.29) is 0 Å². The summed E-state index contributed by atoms with van der Waals surface area (Å²) in [7, 11) is 1.72. The Bertz CT molecular complexity index is 171. The second-order valence-corrected chi connectivity index (χ2v) is 5.04. The third kappa shape index (κ3) is 4.71. The van der Waals surface area contributed by atoms with Crippen LogP contribution in [0.3, 0.4) is 0 Å². The van der Waals surface area contributed by atoms with Gasteiger partial charge >= 0.3 is 0 Å². The van der Waals surface area contributed by atoms with E-state index in [9.17, 15) is 0 Å². The highest BCUT2D eigenvalue weighted by atomic mass is 35.5. The third-order valence-corrected chi connectivity index (χ3v) is 3.93. The summed E-state index contributed by atoms with van der Waals surface area (Å²) in [6, 6.07) is 0. The topological polar surface area (TPSA) is 18.5 Å². The first-order valence-corrected chi connectivity index (χ1v) is 6.39. The fraction of sp³-hybridized carbons (Fsp3) is 1.00. The summed E-state index contributed by atoms with van der Waals surface area (Å²) in [6.45, 7) is 4.71. The van der Waals surface area contributed by atoms with Gasteiger partial charge in [-0.15, -0.1) is 11.6 Å². The predicted octanol–water partition coefficient (Wildman–Crippen LogP) is 3.08.